The van der Waals surface area contributed by atoms with Gasteiger partial charge in [-0.25, -0.2) is 12.7 Å². The van der Waals surface area contributed by atoms with E-state index in [1.54, 1.807) is 24.3 Å². The third-order valence-electron chi connectivity index (χ3n) is 4.24. The van der Waals surface area contributed by atoms with Gasteiger partial charge in [0.25, 0.3) is 0 Å². The highest BCUT2D eigenvalue weighted by molar-refractivity contribution is 7.89. The molecule has 0 saturated carbocycles. The summed E-state index contributed by atoms with van der Waals surface area (Å²) in [5.41, 5.74) is 1.64. The van der Waals surface area contributed by atoms with Crippen LogP contribution in [0.3, 0.4) is 0 Å². The molecule has 0 bridgehead atoms. The second-order valence-corrected chi connectivity index (χ2v) is 9.12. The zero-order valence-corrected chi connectivity index (χ0v) is 17.6. The molecule has 0 radical (unpaired) electrons. The predicted molar refractivity (Wildman–Crippen MR) is 112 cm³/mol. The molecule has 2 aromatic rings. The molecule has 1 heterocycles. The molecule has 0 aliphatic carbocycles. The first kappa shape index (κ1) is 20.4. The topological polar surface area (TPSA) is 71.1 Å². The summed E-state index contributed by atoms with van der Waals surface area (Å²) in [6, 6.07) is 12.4. The zero-order valence-electron chi connectivity index (χ0n) is 16.0. The highest BCUT2D eigenvalue weighted by atomic mass is 32.2. The van der Waals surface area contributed by atoms with Crippen molar-refractivity contribution in [2.75, 3.05) is 39.7 Å². The first-order valence-corrected chi connectivity index (χ1v) is 10.6. The van der Waals surface area contributed by atoms with E-state index >= 15 is 0 Å². The fourth-order valence-electron chi connectivity index (χ4n) is 2.70. The van der Waals surface area contributed by atoms with Gasteiger partial charge in [0, 0.05) is 33.4 Å². The van der Waals surface area contributed by atoms with Gasteiger partial charge < -0.3 is 19.7 Å². The maximum atomic E-state index is 12.3. The Morgan fingerprint density at radius 1 is 1.07 bits per heavy atom. The molecule has 28 heavy (non-hydrogen) atoms. The molecule has 9 heteroatoms. The minimum Gasteiger partial charge on any atom is -0.486 e. The van der Waals surface area contributed by atoms with Gasteiger partial charge in [0.2, 0.25) is 10.0 Å². The Labute approximate surface area is 170 Å². The molecule has 3 rings (SSSR count). The number of hydrogen-bond acceptors (Lipinski definition) is 5. The maximum Gasteiger partial charge on any atom is 0.242 e. The van der Waals surface area contributed by atoms with E-state index in [-0.39, 0.29) is 4.90 Å². The number of ether oxygens (including phenoxy) is 2. The summed E-state index contributed by atoms with van der Waals surface area (Å²) in [5.74, 6) is 1.48. The van der Waals surface area contributed by atoms with Gasteiger partial charge in [-0.2, -0.15) is 0 Å². The largest absolute Gasteiger partial charge is 0.486 e. The molecule has 2 aromatic carbocycles. The smallest absolute Gasteiger partial charge is 0.242 e. The monoisotopic (exact) mass is 421 g/mol. The number of benzene rings is 2. The van der Waals surface area contributed by atoms with Crippen molar-refractivity contribution < 1.29 is 17.9 Å². The van der Waals surface area contributed by atoms with Crippen LogP contribution in [0.4, 0.5) is 5.69 Å². The molecule has 0 atom stereocenters. The van der Waals surface area contributed by atoms with E-state index in [2.05, 4.69) is 5.32 Å². The van der Waals surface area contributed by atoms with Gasteiger partial charge in [-0.1, -0.05) is 12.1 Å². The van der Waals surface area contributed by atoms with Gasteiger partial charge >= 0.3 is 0 Å². The lowest BCUT2D eigenvalue weighted by Gasteiger charge is -2.23. The van der Waals surface area contributed by atoms with Gasteiger partial charge in [0.15, 0.2) is 16.6 Å². The molecule has 7 nitrogen and oxygen atoms in total. The van der Waals surface area contributed by atoms with Crippen molar-refractivity contribution in [2.24, 2.45) is 0 Å². The number of rotatable bonds is 5. The highest BCUT2D eigenvalue weighted by Gasteiger charge is 2.18. The summed E-state index contributed by atoms with van der Waals surface area (Å²) >= 11 is 5.47. The summed E-state index contributed by atoms with van der Waals surface area (Å²) < 4.78 is 36.9. The number of thiocarbonyl (C=S) groups is 1. The van der Waals surface area contributed by atoms with Crippen molar-refractivity contribution in [3.05, 3.63) is 48.0 Å². The van der Waals surface area contributed by atoms with Crippen LogP contribution in [0.1, 0.15) is 5.56 Å². The third kappa shape index (κ3) is 4.54. The number of hydrogen-bond donors (Lipinski definition) is 1. The van der Waals surface area contributed by atoms with E-state index in [1.807, 2.05) is 30.1 Å². The van der Waals surface area contributed by atoms with Crippen LogP contribution in [0.2, 0.25) is 0 Å². The lowest BCUT2D eigenvalue weighted by Crippen LogP contribution is -2.30. The number of anilines is 1. The number of fused-ring (bicyclic) bond motifs is 1. The molecular formula is C19H23N3O4S2. The Balaban J connectivity index is 1.68. The summed E-state index contributed by atoms with van der Waals surface area (Å²) in [6.07, 6.45) is 0. The van der Waals surface area contributed by atoms with E-state index in [4.69, 9.17) is 21.7 Å². The first-order chi connectivity index (χ1) is 13.3. The SMILES string of the molecule is CN(Cc1ccc2c(c1)OCCO2)C(=S)Nc1cccc(S(=O)(=O)N(C)C)c1. The minimum absolute atomic E-state index is 0.208. The van der Waals surface area contributed by atoms with Gasteiger partial charge in [-0.05, 0) is 48.1 Å². The molecule has 0 amide bonds. The quantitative estimate of drug-likeness (QED) is 0.744. The average molecular weight is 422 g/mol. The Morgan fingerprint density at radius 3 is 2.50 bits per heavy atom. The number of sulfonamides is 1. The van der Waals surface area contributed by atoms with E-state index in [0.29, 0.717) is 30.6 Å². The van der Waals surface area contributed by atoms with Crippen molar-refractivity contribution in [1.29, 1.82) is 0 Å². The van der Waals surface area contributed by atoms with Gasteiger partial charge in [-0.15, -0.1) is 0 Å². The fraction of sp³-hybridized carbons (Fsp3) is 0.316. The van der Waals surface area contributed by atoms with Crippen molar-refractivity contribution in [3.8, 4) is 11.5 Å². The second kappa shape index (κ2) is 8.34. The molecule has 1 aliphatic rings. The third-order valence-corrected chi connectivity index (χ3v) is 6.46. The Hall–Kier alpha value is -2.36. The van der Waals surface area contributed by atoms with Crippen molar-refractivity contribution in [3.63, 3.8) is 0 Å². The van der Waals surface area contributed by atoms with Gasteiger partial charge in [0.1, 0.15) is 13.2 Å². The zero-order chi connectivity index (χ0) is 20.3. The molecular weight excluding hydrogens is 398 g/mol. The maximum absolute atomic E-state index is 12.3. The Kier molecular flexibility index (Phi) is 6.07. The molecule has 0 aromatic heterocycles. The first-order valence-electron chi connectivity index (χ1n) is 8.70. The molecule has 1 N–H and O–H groups in total. The van der Waals surface area contributed by atoms with Crippen LogP contribution in [0.5, 0.6) is 11.5 Å². The van der Waals surface area contributed by atoms with Crippen LogP contribution in [0, 0.1) is 0 Å². The van der Waals surface area contributed by atoms with Gasteiger partial charge in [0.05, 0.1) is 4.90 Å². The lowest BCUT2D eigenvalue weighted by atomic mass is 10.2. The number of nitrogens with one attached hydrogen (secondary N) is 1. The molecule has 1 aliphatic heterocycles. The highest BCUT2D eigenvalue weighted by Crippen LogP contribution is 2.31. The van der Waals surface area contributed by atoms with E-state index in [0.717, 1.165) is 17.1 Å². The van der Waals surface area contributed by atoms with E-state index in [9.17, 15) is 8.42 Å². The van der Waals surface area contributed by atoms with E-state index in [1.165, 1.54) is 18.4 Å². The Morgan fingerprint density at radius 2 is 1.79 bits per heavy atom. The van der Waals surface area contributed by atoms with Crippen LogP contribution in [-0.4, -0.2) is 57.1 Å². The molecule has 0 saturated heterocycles. The minimum atomic E-state index is -3.50. The lowest BCUT2D eigenvalue weighted by molar-refractivity contribution is 0.171. The Bertz CT molecular complexity index is 977. The van der Waals surface area contributed by atoms with E-state index < -0.39 is 10.0 Å². The van der Waals surface area contributed by atoms with Crippen LogP contribution in [-0.2, 0) is 16.6 Å². The molecule has 0 fully saturated rings. The van der Waals surface area contributed by atoms with Crippen LogP contribution in [0.15, 0.2) is 47.4 Å². The summed E-state index contributed by atoms with van der Waals surface area (Å²) in [6.45, 7) is 1.67. The molecule has 150 valence electrons. The van der Waals surface area contributed by atoms with Crippen LogP contribution in [0.25, 0.3) is 0 Å². The summed E-state index contributed by atoms with van der Waals surface area (Å²) in [7, 11) is 1.37. The summed E-state index contributed by atoms with van der Waals surface area (Å²) in [5, 5.41) is 3.57. The van der Waals surface area contributed by atoms with Crippen molar-refractivity contribution in [2.45, 2.75) is 11.4 Å². The molecule has 0 spiro atoms. The van der Waals surface area contributed by atoms with Crippen LogP contribution >= 0.6 is 12.2 Å². The number of nitrogens with zero attached hydrogens (tertiary/aromatic N) is 2. The fourth-order valence-corrected chi connectivity index (χ4v) is 3.83. The van der Waals surface area contributed by atoms with Gasteiger partial charge in [-0.3, -0.25) is 0 Å². The van der Waals surface area contributed by atoms with Crippen LogP contribution < -0.4 is 14.8 Å². The second-order valence-electron chi connectivity index (χ2n) is 6.58. The standard InChI is InChI=1S/C19H23N3O4S2/c1-21(2)28(23,24)16-6-4-5-15(12-16)20-19(27)22(3)13-14-7-8-17-18(11-14)26-10-9-25-17/h4-8,11-12H,9-10,13H2,1-3H3,(H,20,27). The molecule has 0 unspecified atom stereocenters. The average Bonchev–Trinajstić information content (AvgIpc) is 2.68. The summed E-state index contributed by atoms with van der Waals surface area (Å²) in [4.78, 5) is 2.08. The van der Waals surface area contributed by atoms with Crippen molar-refractivity contribution in [1.82, 2.24) is 9.21 Å². The predicted octanol–water partition coefficient (Wildman–Crippen LogP) is 2.54. The normalized spacial score (nSPS) is 13.3. The van der Waals surface area contributed by atoms with Crippen molar-refractivity contribution >= 4 is 33.0 Å².